The second kappa shape index (κ2) is 4.63. The average Bonchev–Trinajstić information content (AvgIpc) is 2.56. The third-order valence-corrected chi connectivity index (χ3v) is 2.60. The van der Waals surface area contributed by atoms with E-state index in [1.165, 1.54) is 0 Å². The van der Waals surface area contributed by atoms with Crippen LogP contribution >= 0.6 is 0 Å². The number of aryl methyl sites for hydroxylation is 1. The monoisotopic (exact) mass is 211 g/mol. The van der Waals surface area contributed by atoms with Crippen LogP contribution in [0.5, 0.6) is 0 Å². The van der Waals surface area contributed by atoms with E-state index in [9.17, 15) is 0 Å². The zero-order chi connectivity index (χ0) is 10.7. The number of nitrogen functional groups attached to an aromatic ring is 1. The van der Waals surface area contributed by atoms with Crippen molar-refractivity contribution in [1.82, 2.24) is 9.78 Å². The first-order valence-electron chi connectivity index (χ1n) is 5.25. The Labute approximate surface area is 89.2 Å². The van der Waals surface area contributed by atoms with Crippen LogP contribution in [0, 0.1) is 6.92 Å². The summed E-state index contributed by atoms with van der Waals surface area (Å²) in [5.41, 5.74) is 6.61. The number of rotatable bonds is 3. The Morgan fingerprint density at radius 3 is 2.93 bits per heavy atom. The lowest BCUT2D eigenvalue weighted by atomic mass is 10.2. The molecular formula is C10H17N3O2. The van der Waals surface area contributed by atoms with E-state index in [-0.39, 0.29) is 0 Å². The lowest BCUT2D eigenvalue weighted by Gasteiger charge is -2.22. The predicted octanol–water partition coefficient (Wildman–Crippen LogP) is 0.927. The largest absolute Gasteiger partial charge is 0.382 e. The summed E-state index contributed by atoms with van der Waals surface area (Å²) >= 11 is 0. The molecule has 0 spiro atoms. The Balaban J connectivity index is 1.84. The molecule has 15 heavy (non-hydrogen) atoms. The highest BCUT2D eigenvalue weighted by Crippen LogP contribution is 2.12. The van der Waals surface area contributed by atoms with Gasteiger partial charge >= 0.3 is 0 Å². The summed E-state index contributed by atoms with van der Waals surface area (Å²) in [4.78, 5) is 0. The standard InChI is InChI=1S/C10H17N3O2/c1-8-6-10(11)12-13(8)7-15-9-2-4-14-5-3-9/h6,9H,2-5,7H2,1H3,(H2,11,12). The molecule has 2 heterocycles. The maximum Gasteiger partial charge on any atom is 0.145 e. The molecule has 2 N–H and O–H groups in total. The van der Waals surface area contributed by atoms with E-state index < -0.39 is 0 Å². The summed E-state index contributed by atoms with van der Waals surface area (Å²) in [6, 6.07) is 1.84. The topological polar surface area (TPSA) is 62.3 Å². The zero-order valence-electron chi connectivity index (χ0n) is 8.98. The van der Waals surface area contributed by atoms with Crippen LogP contribution in [0.25, 0.3) is 0 Å². The van der Waals surface area contributed by atoms with Gasteiger partial charge in [0.25, 0.3) is 0 Å². The van der Waals surface area contributed by atoms with Crippen molar-refractivity contribution in [3.05, 3.63) is 11.8 Å². The van der Waals surface area contributed by atoms with Crippen molar-refractivity contribution in [3.8, 4) is 0 Å². The van der Waals surface area contributed by atoms with Crippen LogP contribution in [0.15, 0.2) is 6.07 Å². The first kappa shape index (κ1) is 10.4. The minimum absolute atomic E-state index is 0.295. The summed E-state index contributed by atoms with van der Waals surface area (Å²) in [5, 5.41) is 4.13. The van der Waals surface area contributed by atoms with E-state index in [2.05, 4.69) is 5.10 Å². The third-order valence-electron chi connectivity index (χ3n) is 2.60. The van der Waals surface area contributed by atoms with Gasteiger partial charge in [0.2, 0.25) is 0 Å². The minimum Gasteiger partial charge on any atom is -0.382 e. The maximum atomic E-state index is 5.73. The summed E-state index contributed by atoms with van der Waals surface area (Å²) in [6.07, 6.45) is 2.23. The van der Waals surface area contributed by atoms with Crippen LogP contribution in [0.3, 0.4) is 0 Å². The van der Waals surface area contributed by atoms with Gasteiger partial charge in [-0.15, -0.1) is 0 Å². The van der Waals surface area contributed by atoms with Crippen LogP contribution < -0.4 is 5.73 Å². The van der Waals surface area contributed by atoms with E-state index in [1.54, 1.807) is 4.68 Å². The fourth-order valence-electron chi connectivity index (χ4n) is 1.68. The van der Waals surface area contributed by atoms with Gasteiger partial charge in [0.1, 0.15) is 12.5 Å². The minimum atomic E-state index is 0.295. The number of aromatic nitrogens is 2. The van der Waals surface area contributed by atoms with Gasteiger partial charge in [0.15, 0.2) is 0 Å². The van der Waals surface area contributed by atoms with Crippen LogP contribution in [0.4, 0.5) is 5.82 Å². The molecule has 5 heteroatoms. The molecule has 1 aromatic heterocycles. The van der Waals surface area contributed by atoms with E-state index in [4.69, 9.17) is 15.2 Å². The van der Waals surface area contributed by atoms with Gasteiger partial charge in [-0.2, -0.15) is 5.10 Å². The molecule has 5 nitrogen and oxygen atoms in total. The van der Waals surface area contributed by atoms with Crippen LogP contribution in [-0.2, 0) is 16.2 Å². The van der Waals surface area contributed by atoms with Crippen molar-refractivity contribution >= 4 is 5.82 Å². The molecule has 1 saturated heterocycles. The number of nitrogens with zero attached hydrogens (tertiary/aromatic N) is 2. The van der Waals surface area contributed by atoms with Gasteiger partial charge < -0.3 is 15.2 Å². The highest BCUT2D eigenvalue weighted by atomic mass is 16.5. The van der Waals surface area contributed by atoms with Crippen LogP contribution in [-0.4, -0.2) is 29.1 Å². The first-order chi connectivity index (χ1) is 7.25. The molecule has 1 aliphatic rings. The Bertz CT molecular complexity index is 318. The predicted molar refractivity (Wildman–Crippen MR) is 56.3 cm³/mol. The molecule has 0 bridgehead atoms. The van der Waals surface area contributed by atoms with Crippen molar-refractivity contribution in [2.75, 3.05) is 18.9 Å². The van der Waals surface area contributed by atoms with Crippen molar-refractivity contribution < 1.29 is 9.47 Å². The molecule has 0 atom stereocenters. The molecule has 1 aliphatic heterocycles. The number of nitrogens with two attached hydrogens (primary N) is 1. The lowest BCUT2D eigenvalue weighted by molar-refractivity contribution is -0.0603. The van der Waals surface area contributed by atoms with Crippen molar-refractivity contribution in [2.45, 2.75) is 32.6 Å². The molecule has 0 aromatic carbocycles. The number of anilines is 1. The van der Waals surface area contributed by atoms with E-state index in [0.717, 1.165) is 31.7 Å². The smallest absolute Gasteiger partial charge is 0.145 e. The quantitative estimate of drug-likeness (QED) is 0.807. The molecule has 84 valence electrons. The molecule has 0 aliphatic carbocycles. The SMILES string of the molecule is Cc1cc(N)nn1COC1CCOCC1. The fraction of sp³-hybridized carbons (Fsp3) is 0.700. The zero-order valence-corrected chi connectivity index (χ0v) is 8.98. The summed E-state index contributed by atoms with van der Waals surface area (Å²) in [7, 11) is 0. The Hall–Kier alpha value is -1.07. The van der Waals surface area contributed by atoms with Gasteiger partial charge in [-0.1, -0.05) is 0 Å². The highest BCUT2D eigenvalue weighted by molar-refractivity contribution is 5.28. The average molecular weight is 211 g/mol. The van der Waals surface area contributed by atoms with Crippen molar-refractivity contribution in [2.24, 2.45) is 0 Å². The van der Waals surface area contributed by atoms with Crippen LogP contribution in [0.1, 0.15) is 18.5 Å². The highest BCUT2D eigenvalue weighted by Gasteiger charge is 2.14. The van der Waals surface area contributed by atoms with Crippen molar-refractivity contribution in [3.63, 3.8) is 0 Å². The fourth-order valence-corrected chi connectivity index (χ4v) is 1.68. The molecule has 0 amide bonds. The van der Waals surface area contributed by atoms with Crippen LogP contribution in [0.2, 0.25) is 0 Å². The second-order valence-corrected chi connectivity index (χ2v) is 3.82. The summed E-state index contributed by atoms with van der Waals surface area (Å²) in [5.74, 6) is 0.545. The third kappa shape index (κ3) is 2.70. The molecule has 2 rings (SSSR count). The van der Waals surface area contributed by atoms with Gasteiger partial charge in [-0.25, -0.2) is 4.68 Å². The number of hydrogen-bond acceptors (Lipinski definition) is 4. The molecule has 0 radical (unpaired) electrons. The summed E-state index contributed by atoms with van der Waals surface area (Å²) < 4.78 is 12.8. The van der Waals surface area contributed by atoms with Gasteiger partial charge in [0.05, 0.1) is 6.10 Å². The summed E-state index contributed by atoms with van der Waals surface area (Å²) in [6.45, 7) is 4.04. The maximum absolute atomic E-state index is 5.73. The Morgan fingerprint density at radius 1 is 1.60 bits per heavy atom. The molecule has 1 fully saturated rings. The van der Waals surface area contributed by atoms with E-state index in [1.807, 2.05) is 13.0 Å². The van der Waals surface area contributed by atoms with Crippen molar-refractivity contribution in [1.29, 1.82) is 0 Å². The lowest BCUT2D eigenvalue weighted by Crippen LogP contribution is -2.24. The second-order valence-electron chi connectivity index (χ2n) is 3.82. The van der Waals surface area contributed by atoms with Gasteiger partial charge in [-0.3, -0.25) is 0 Å². The number of ether oxygens (including phenoxy) is 2. The first-order valence-corrected chi connectivity index (χ1v) is 5.25. The normalized spacial score (nSPS) is 18.2. The molecule has 0 unspecified atom stereocenters. The Kier molecular flexibility index (Phi) is 3.23. The number of hydrogen-bond donors (Lipinski definition) is 1. The molecule has 0 saturated carbocycles. The molecule has 1 aromatic rings. The van der Waals surface area contributed by atoms with E-state index >= 15 is 0 Å². The van der Waals surface area contributed by atoms with Gasteiger partial charge in [-0.05, 0) is 19.8 Å². The van der Waals surface area contributed by atoms with E-state index in [0.29, 0.717) is 18.7 Å². The Morgan fingerprint density at radius 2 is 2.33 bits per heavy atom. The van der Waals surface area contributed by atoms with Gasteiger partial charge in [0, 0.05) is 25.0 Å². The molecular weight excluding hydrogens is 194 g/mol.